The monoisotopic (exact) mass is 210 g/mol. The number of ether oxygens (including phenoxy) is 1. The number of carbonyl (C=O) groups excluding carboxylic acids is 1. The normalized spacial score (nSPS) is 10.6. The topological polar surface area (TPSA) is 79.4 Å². The summed E-state index contributed by atoms with van der Waals surface area (Å²) in [6, 6.07) is 0. The number of carbonyl (C=O) groups is 1. The van der Waals surface area contributed by atoms with Crippen molar-refractivity contribution in [2.75, 3.05) is 6.61 Å². The van der Waals surface area contributed by atoms with E-state index in [0.717, 1.165) is 11.5 Å². The Kier molecular flexibility index (Phi) is 3.84. The average Bonchev–Trinajstić information content (AvgIpc) is 2.46. The number of aryl methyl sites for hydroxylation is 2. The predicted octanol–water partition coefficient (Wildman–Crippen LogP) is 1.11. The Morgan fingerprint density at radius 3 is 2.93 bits per heavy atom. The highest BCUT2D eigenvalue weighted by Crippen LogP contribution is 2.00. The lowest BCUT2D eigenvalue weighted by Crippen LogP contribution is -2.18. The number of imidazole rings is 1. The zero-order valence-electron chi connectivity index (χ0n) is 9.00. The summed E-state index contributed by atoms with van der Waals surface area (Å²) in [6.07, 6.45) is 0.897. The minimum Gasteiger partial charge on any atom is -0.449 e. The molecule has 2 N–H and O–H groups in total. The molecule has 0 aromatic carbocycles. The zero-order chi connectivity index (χ0) is 11.3. The summed E-state index contributed by atoms with van der Waals surface area (Å²) in [5, 5.41) is 3.70. The van der Waals surface area contributed by atoms with Crippen LogP contribution in [0.4, 0.5) is 4.79 Å². The van der Waals surface area contributed by atoms with Gasteiger partial charge in [0.15, 0.2) is 0 Å². The molecule has 15 heavy (non-hydrogen) atoms. The van der Waals surface area contributed by atoms with Gasteiger partial charge in [0.1, 0.15) is 11.5 Å². The van der Waals surface area contributed by atoms with E-state index in [4.69, 9.17) is 0 Å². The highest BCUT2D eigenvalue weighted by atomic mass is 16.5. The molecule has 0 unspecified atom stereocenters. The molecule has 0 saturated carbocycles. The van der Waals surface area contributed by atoms with Crippen molar-refractivity contribution in [3.05, 3.63) is 17.2 Å². The van der Waals surface area contributed by atoms with Crippen molar-refractivity contribution in [2.45, 2.75) is 20.8 Å². The molecule has 1 aromatic heterocycles. The van der Waals surface area contributed by atoms with Crippen LogP contribution in [0.1, 0.15) is 24.1 Å². The Hall–Kier alpha value is -1.85. The molecular formula is C9H14N4O2. The van der Waals surface area contributed by atoms with Gasteiger partial charge in [-0.3, -0.25) is 0 Å². The molecule has 0 atom stereocenters. The first-order valence-electron chi connectivity index (χ1n) is 4.62. The van der Waals surface area contributed by atoms with Crippen molar-refractivity contribution in [3.63, 3.8) is 0 Å². The lowest BCUT2D eigenvalue weighted by Gasteiger charge is -1.97. The van der Waals surface area contributed by atoms with Gasteiger partial charge in [-0.15, -0.1) is 0 Å². The van der Waals surface area contributed by atoms with Gasteiger partial charge < -0.3 is 9.72 Å². The van der Waals surface area contributed by atoms with Crippen molar-refractivity contribution in [1.82, 2.24) is 15.4 Å². The lowest BCUT2D eigenvalue weighted by molar-refractivity contribution is 0.152. The molecule has 1 amide bonds. The second kappa shape index (κ2) is 5.14. The standard InChI is InChI=1S/C9H14N4O2/c1-4-15-9(14)13-10-5-8-6(2)11-7(3)12-8/h5H,4H2,1-3H3,(H,11,12)(H,13,14). The lowest BCUT2D eigenvalue weighted by atomic mass is 10.4. The fourth-order valence-corrected chi connectivity index (χ4v) is 1.06. The third kappa shape index (κ3) is 3.41. The first-order valence-corrected chi connectivity index (χ1v) is 4.62. The molecule has 6 heteroatoms. The minimum absolute atomic E-state index is 0.321. The van der Waals surface area contributed by atoms with Crippen LogP contribution in [0, 0.1) is 13.8 Å². The molecule has 1 rings (SSSR count). The summed E-state index contributed by atoms with van der Waals surface area (Å²) < 4.78 is 4.62. The molecule has 0 aliphatic carbocycles. The summed E-state index contributed by atoms with van der Waals surface area (Å²) >= 11 is 0. The van der Waals surface area contributed by atoms with Gasteiger partial charge in [-0.05, 0) is 20.8 Å². The molecule has 0 aliphatic rings. The number of hydrazone groups is 1. The van der Waals surface area contributed by atoms with Gasteiger partial charge in [0, 0.05) is 5.69 Å². The molecule has 0 spiro atoms. The summed E-state index contributed by atoms with van der Waals surface area (Å²) in [6.45, 7) is 5.78. The van der Waals surface area contributed by atoms with Gasteiger partial charge in [-0.2, -0.15) is 5.10 Å². The SMILES string of the molecule is CCOC(=O)NN=Cc1nc(C)[nH]c1C. The second-order valence-corrected chi connectivity index (χ2v) is 2.92. The molecule has 0 saturated heterocycles. The number of amides is 1. The molecule has 6 nitrogen and oxygen atoms in total. The van der Waals surface area contributed by atoms with E-state index >= 15 is 0 Å². The van der Waals surface area contributed by atoms with Crippen LogP contribution >= 0.6 is 0 Å². The number of H-pyrrole nitrogens is 1. The van der Waals surface area contributed by atoms with Crippen LogP contribution in [0.15, 0.2) is 5.10 Å². The number of nitrogens with zero attached hydrogens (tertiary/aromatic N) is 2. The number of hydrogen-bond acceptors (Lipinski definition) is 4. The molecular weight excluding hydrogens is 196 g/mol. The zero-order valence-corrected chi connectivity index (χ0v) is 9.00. The van der Waals surface area contributed by atoms with Crippen LogP contribution in [0.3, 0.4) is 0 Å². The van der Waals surface area contributed by atoms with E-state index in [1.807, 2.05) is 13.8 Å². The second-order valence-electron chi connectivity index (χ2n) is 2.92. The largest absolute Gasteiger partial charge is 0.449 e. The van der Waals surface area contributed by atoms with Crippen molar-refractivity contribution >= 4 is 12.3 Å². The highest BCUT2D eigenvalue weighted by molar-refractivity contribution is 5.79. The summed E-state index contributed by atoms with van der Waals surface area (Å²) in [4.78, 5) is 18.0. The third-order valence-electron chi connectivity index (χ3n) is 1.66. The van der Waals surface area contributed by atoms with E-state index < -0.39 is 6.09 Å². The van der Waals surface area contributed by atoms with Crippen LogP contribution in [0.25, 0.3) is 0 Å². The molecule has 0 fully saturated rings. The van der Waals surface area contributed by atoms with Gasteiger partial charge in [-0.25, -0.2) is 15.2 Å². The van der Waals surface area contributed by atoms with Crippen LogP contribution in [0.5, 0.6) is 0 Å². The van der Waals surface area contributed by atoms with E-state index in [1.165, 1.54) is 6.21 Å². The van der Waals surface area contributed by atoms with E-state index in [1.54, 1.807) is 6.92 Å². The van der Waals surface area contributed by atoms with Crippen molar-refractivity contribution in [1.29, 1.82) is 0 Å². The fraction of sp³-hybridized carbons (Fsp3) is 0.444. The Labute approximate surface area is 87.7 Å². The Balaban J connectivity index is 2.51. The number of aromatic amines is 1. The Morgan fingerprint density at radius 2 is 2.40 bits per heavy atom. The predicted molar refractivity (Wildman–Crippen MR) is 55.8 cm³/mol. The van der Waals surface area contributed by atoms with E-state index in [-0.39, 0.29) is 0 Å². The molecule has 0 radical (unpaired) electrons. The molecule has 0 bridgehead atoms. The van der Waals surface area contributed by atoms with E-state index in [2.05, 4.69) is 25.2 Å². The molecule has 82 valence electrons. The third-order valence-corrected chi connectivity index (χ3v) is 1.66. The first kappa shape index (κ1) is 11.2. The van der Waals surface area contributed by atoms with Gasteiger partial charge in [-0.1, -0.05) is 0 Å². The van der Waals surface area contributed by atoms with Crippen molar-refractivity contribution in [3.8, 4) is 0 Å². The van der Waals surface area contributed by atoms with Crippen molar-refractivity contribution in [2.24, 2.45) is 5.10 Å². The molecule has 0 aliphatic heterocycles. The fourth-order valence-electron chi connectivity index (χ4n) is 1.06. The number of nitrogens with one attached hydrogen (secondary N) is 2. The van der Waals surface area contributed by atoms with Gasteiger partial charge in [0.05, 0.1) is 12.8 Å². The minimum atomic E-state index is -0.571. The quantitative estimate of drug-likeness (QED) is 0.579. The van der Waals surface area contributed by atoms with Gasteiger partial charge >= 0.3 is 6.09 Å². The first-order chi connectivity index (χ1) is 7.13. The van der Waals surface area contributed by atoms with E-state index in [9.17, 15) is 4.79 Å². The summed E-state index contributed by atoms with van der Waals surface area (Å²) in [5.41, 5.74) is 3.83. The number of aromatic nitrogens is 2. The maximum atomic E-state index is 10.8. The highest BCUT2D eigenvalue weighted by Gasteiger charge is 2.00. The Morgan fingerprint density at radius 1 is 1.67 bits per heavy atom. The van der Waals surface area contributed by atoms with Gasteiger partial charge in [0.25, 0.3) is 0 Å². The summed E-state index contributed by atoms with van der Waals surface area (Å²) in [7, 11) is 0. The van der Waals surface area contributed by atoms with E-state index in [0.29, 0.717) is 12.3 Å². The van der Waals surface area contributed by atoms with Crippen LogP contribution in [-0.2, 0) is 4.74 Å². The smallest absolute Gasteiger partial charge is 0.427 e. The van der Waals surface area contributed by atoms with Crippen LogP contribution < -0.4 is 5.43 Å². The summed E-state index contributed by atoms with van der Waals surface area (Å²) in [5.74, 6) is 0.810. The maximum Gasteiger partial charge on any atom is 0.427 e. The molecule has 1 heterocycles. The number of rotatable bonds is 3. The molecule has 1 aromatic rings. The maximum absolute atomic E-state index is 10.8. The number of hydrogen-bond donors (Lipinski definition) is 2. The Bertz CT molecular complexity index is 370. The van der Waals surface area contributed by atoms with Crippen molar-refractivity contribution < 1.29 is 9.53 Å². The van der Waals surface area contributed by atoms with Gasteiger partial charge in [0.2, 0.25) is 0 Å². The average molecular weight is 210 g/mol. The van der Waals surface area contributed by atoms with Crippen LogP contribution in [-0.4, -0.2) is 28.9 Å². The van der Waals surface area contributed by atoms with Crippen LogP contribution in [0.2, 0.25) is 0 Å².